The van der Waals surface area contributed by atoms with E-state index >= 15 is 0 Å². The van der Waals surface area contributed by atoms with Crippen molar-refractivity contribution in [1.82, 2.24) is 15.8 Å². The predicted molar refractivity (Wildman–Crippen MR) is 136 cm³/mol. The summed E-state index contributed by atoms with van der Waals surface area (Å²) in [5.74, 6) is 0.914. The van der Waals surface area contributed by atoms with Gasteiger partial charge in [-0.05, 0) is 69.0 Å². The first-order valence-corrected chi connectivity index (χ1v) is 12.2. The third-order valence-electron chi connectivity index (χ3n) is 5.38. The number of hydrazine groups is 1. The predicted octanol–water partition coefficient (Wildman–Crippen LogP) is 2.54. The highest BCUT2D eigenvalue weighted by molar-refractivity contribution is 9.10. The van der Waals surface area contributed by atoms with E-state index in [1.807, 2.05) is 62.6 Å². The second kappa shape index (κ2) is 12.9. The Hall–Kier alpha value is -2.46. The molecule has 2 aromatic rings. The number of carbonyl (C=O) groups excluding carboxylic acids is 1. The number of ether oxygens (including phenoxy) is 2. The van der Waals surface area contributed by atoms with E-state index in [1.54, 1.807) is 0 Å². The van der Waals surface area contributed by atoms with Crippen LogP contribution in [0.2, 0.25) is 0 Å². The maximum atomic E-state index is 13.3. The fourth-order valence-electron chi connectivity index (χ4n) is 3.51. The van der Waals surface area contributed by atoms with Crippen LogP contribution >= 0.6 is 15.9 Å². The number of carbonyl (C=O) groups is 1. The van der Waals surface area contributed by atoms with Crippen molar-refractivity contribution in [2.45, 2.75) is 24.8 Å². The molecule has 2 aromatic carbocycles. The number of halogens is 1. The highest BCUT2D eigenvalue weighted by atomic mass is 79.9. The van der Waals surface area contributed by atoms with Crippen LogP contribution in [0.5, 0.6) is 5.75 Å². The van der Waals surface area contributed by atoms with E-state index in [1.165, 1.54) is 0 Å². The van der Waals surface area contributed by atoms with Crippen LogP contribution in [0.15, 0.2) is 58.0 Å². The van der Waals surface area contributed by atoms with Crippen molar-refractivity contribution >= 4 is 27.7 Å². The molecule has 0 radical (unpaired) electrons. The number of hydrogen-bond donors (Lipinski definition) is 3. The molecule has 0 bridgehead atoms. The molecule has 0 saturated carbocycles. The molecule has 1 aliphatic rings. The molecule has 8 nitrogen and oxygen atoms in total. The Balaban J connectivity index is 1.74. The summed E-state index contributed by atoms with van der Waals surface area (Å²) in [6.07, 6.45) is 1.90. The highest BCUT2D eigenvalue weighted by Crippen LogP contribution is 2.28. The van der Waals surface area contributed by atoms with E-state index in [-0.39, 0.29) is 19.1 Å². The van der Waals surface area contributed by atoms with E-state index in [0.29, 0.717) is 37.6 Å². The molecule has 34 heavy (non-hydrogen) atoms. The molecular formula is C25H33BrN4O4. The summed E-state index contributed by atoms with van der Waals surface area (Å²) in [6, 6.07) is 15.3. The van der Waals surface area contributed by atoms with Crippen LogP contribution in [0.4, 0.5) is 0 Å². The van der Waals surface area contributed by atoms with Gasteiger partial charge in [-0.3, -0.25) is 10.2 Å². The maximum Gasteiger partial charge on any atom is 0.266 e. The second-order valence-corrected chi connectivity index (χ2v) is 9.44. The third-order valence-corrected chi connectivity index (χ3v) is 5.91. The fraction of sp³-hybridized carbons (Fsp3) is 0.440. The van der Waals surface area contributed by atoms with Gasteiger partial charge in [0.15, 0.2) is 5.54 Å². The Kier molecular flexibility index (Phi) is 9.88. The number of benzene rings is 2. The summed E-state index contributed by atoms with van der Waals surface area (Å²) < 4.78 is 12.5. The van der Waals surface area contributed by atoms with Crippen LogP contribution in [-0.2, 0) is 16.0 Å². The Bertz CT molecular complexity index is 950. The molecule has 3 rings (SSSR count). The summed E-state index contributed by atoms with van der Waals surface area (Å²) in [5.41, 5.74) is 6.56. The molecule has 0 aliphatic carbocycles. The number of nitrogens with zero attached hydrogens (tertiary/aromatic N) is 2. The molecule has 0 fully saturated rings. The molecule has 0 saturated heterocycles. The van der Waals surface area contributed by atoms with Crippen molar-refractivity contribution in [3.63, 3.8) is 0 Å². The monoisotopic (exact) mass is 532 g/mol. The SMILES string of the molecule is CN(C)CCCNNC(=O)[C@]1(Cc2ccc(Br)cc2)COC(c2ccc(OCCCO)cc2)=N1. The first-order chi connectivity index (χ1) is 16.4. The Morgan fingerprint density at radius 1 is 1.18 bits per heavy atom. The average molecular weight is 533 g/mol. The van der Waals surface area contributed by atoms with E-state index in [2.05, 4.69) is 31.7 Å². The molecule has 9 heteroatoms. The molecule has 0 unspecified atom stereocenters. The van der Waals surface area contributed by atoms with Crippen LogP contribution in [0.3, 0.4) is 0 Å². The Morgan fingerprint density at radius 3 is 2.59 bits per heavy atom. The van der Waals surface area contributed by atoms with Gasteiger partial charge in [0, 0.05) is 36.0 Å². The number of nitrogens with one attached hydrogen (secondary N) is 2. The second-order valence-electron chi connectivity index (χ2n) is 8.53. The van der Waals surface area contributed by atoms with Gasteiger partial charge in [-0.1, -0.05) is 28.1 Å². The smallest absolute Gasteiger partial charge is 0.266 e. The van der Waals surface area contributed by atoms with E-state index < -0.39 is 5.54 Å². The fourth-order valence-corrected chi connectivity index (χ4v) is 3.78. The minimum atomic E-state index is -1.08. The van der Waals surface area contributed by atoms with Crippen LogP contribution in [0.25, 0.3) is 0 Å². The summed E-state index contributed by atoms with van der Waals surface area (Å²) >= 11 is 3.46. The molecule has 0 spiro atoms. The molecule has 1 amide bonds. The summed E-state index contributed by atoms with van der Waals surface area (Å²) in [5, 5.41) is 8.89. The summed E-state index contributed by atoms with van der Waals surface area (Å²) in [6.45, 7) is 2.28. The van der Waals surface area contributed by atoms with Gasteiger partial charge in [0.2, 0.25) is 5.90 Å². The van der Waals surface area contributed by atoms with Crippen LogP contribution < -0.4 is 15.6 Å². The van der Waals surface area contributed by atoms with Gasteiger partial charge in [0.1, 0.15) is 12.4 Å². The largest absolute Gasteiger partial charge is 0.494 e. The summed E-state index contributed by atoms with van der Waals surface area (Å²) in [7, 11) is 4.04. The lowest BCUT2D eigenvalue weighted by atomic mass is 9.91. The van der Waals surface area contributed by atoms with Crippen LogP contribution in [0, 0.1) is 0 Å². The van der Waals surface area contributed by atoms with Gasteiger partial charge in [-0.15, -0.1) is 0 Å². The van der Waals surface area contributed by atoms with Crippen LogP contribution in [-0.4, -0.2) is 74.4 Å². The maximum absolute atomic E-state index is 13.3. The van der Waals surface area contributed by atoms with Crippen molar-refractivity contribution < 1.29 is 19.4 Å². The number of aliphatic hydroxyl groups excluding tert-OH is 1. The zero-order valence-corrected chi connectivity index (χ0v) is 21.3. The van der Waals surface area contributed by atoms with Gasteiger partial charge in [-0.2, -0.15) is 0 Å². The lowest BCUT2D eigenvalue weighted by molar-refractivity contribution is -0.127. The first-order valence-electron chi connectivity index (χ1n) is 11.4. The zero-order valence-electron chi connectivity index (χ0n) is 19.7. The molecular weight excluding hydrogens is 500 g/mol. The number of aliphatic imine (C=N–C) groups is 1. The zero-order chi connectivity index (χ0) is 24.4. The van der Waals surface area contributed by atoms with Crippen molar-refractivity contribution in [3.8, 4) is 5.75 Å². The Labute approximate surface area is 209 Å². The van der Waals surface area contributed by atoms with E-state index in [9.17, 15) is 4.79 Å². The third kappa shape index (κ3) is 7.53. The standard InChI is InChI=1S/C25H33BrN4O4/c1-30(2)14-3-13-27-29-24(32)25(17-19-5-9-21(26)10-6-19)18-34-23(28-25)20-7-11-22(12-8-20)33-16-4-15-31/h5-12,27,31H,3-4,13-18H2,1-2H3,(H,29,32)/t25-/m0/s1. The summed E-state index contributed by atoms with van der Waals surface area (Å²) in [4.78, 5) is 20.2. The van der Waals surface area contributed by atoms with E-state index in [0.717, 1.165) is 28.6 Å². The molecule has 1 heterocycles. The topological polar surface area (TPSA) is 95.4 Å². The average Bonchev–Trinajstić information content (AvgIpc) is 3.26. The number of amides is 1. The molecule has 184 valence electrons. The lowest BCUT2D eigenvalue weighted by Gasteiger charge is -2.23. The van der Waals surface area contributed by atoms with Crippen molar-refractivity contribution in [2.24, 2.45) is 4.99 Å². The highest BCUT2D eigenvalue weighted by Gasteiger charge is 2.44. The molecule has 0 aromatic heterocycles. The van der Waals surface area contributed by atoms with Crippen molar-refractivity contribution in [2.75, 3.05) is 47.0 Å². The van der Waals surface area contributed by atoms with Crippen LogP contribution in [0.1, 0.15) is 24.0 Å². The van der Waals surface area contributed by atoms with Gasteiger partial charge in [0.25, 0.3) is 5.91 Å². The lowest BCUT2D eigenvalue weighted by Crippen LogP contribution is -2.53. The van der Waals surface area contributed by atoms with Gasteiger partial charge >= 0.3 is 0 Å². The number of aliphatic hydroxyl groups is 1. The van der Waals surface area contributed by atoms with Gasteiger partial charge in [-0.25, -0.2) is 10.4 Å². The minimum Gasteiger partial charge on any atom is -0.494 e. The quantitative estimate of drug-likeness (QED) is 0.271. The van der Waals surface area contributed by atoms with Crippen molar-refractivity contribution in [1.29, 1.82) is 0 Å². The molecule has 1 atom stereocenters. The Morgan fingerprint density at radius 2 is 1.91 bits per heavy atom. The van der Waals surface area contributed by atoms with E-state index in [4.69, 9.17) is 19.6 Å². The first kappa shape index (κ1) is 26.2. The van der Waals surface area contributed by atoms with Gasteiger partial charge in [0.05, 0.1) is 6.61 Å². The number of hydrogen-bond acceptors (Lipinski definition) is 7. The molecule has 3 N–H and O–H groups in total. The molecule has 1 aliphatic heterocycles. The van der Waals surface area contributed by atoms with Gasteiger partial charge < -0.3 is 19.5 Å². The minimum absolute atomic E-state index is 0.0930. The number of rotatable bonds is 13. The van der Waals surface area contributed by atoms with Crippen molar-refractivity contribution in [3.05, 3.63) is 64.1 Å². The normalized spacial score (nSPS) is 17.4.